The lowest BCUT2D eigenvalue weighted by molar-refractivity contribution is -0.139. The SMILES string of the molecule is Cc1cn(CC(F)(F)F)c2ccc3[nH]c(=O)cc(Cl)c3c12. The number of fused-ring (bicyclic) bond motifs is 3. The Kier molecular flexibility index (Phi) is 3.02. The topological polar surface area (TPSA) is 37.8 Å². The summed E-state index contributed by atoms with van der Waals surface area (Å²) in [5.74, 6) is 0. The van der Waals surface area contributed by atoms with Crippen molar-refractivity contribution in [2.45, 2.75) is 19.6 Å². The van der Waals surface area contributed by atoms with E-state index in [1.807, 2.05) is 0 Å². The van der Waals surface area contributed by atoms with Crippen molar-refractivity contribution in [3.8, 4) is 0 Å². The highest BCUT2D eigenvalue weighted by molar-refractivity contribution is 6.37. The fourth-order valence-electron chi connectivity index (χ4n) is 2.63. The number of rotatable bonds is 1. The number of hydrogen-bond donors (Lipinski definition) is 1. The summed E-state index contributed by atoms with van der Waals surface area (Å²) in [6.45, 7) is 0.653. The van der Waals surface area contributed by atoms with Crippen LogP contribution in [0.4, 0.5) is 13.2 Å². The molecule has 0 aliphatic heterocycles. The van der Waals surface area contributed by atoms with Gasteiger partial charge in [-0.25, -0.2) is 0 Å². The van der Waals surface area contributed by atoms with Gasteiger partial charge in [-0.15, -0.1) is 0 Å². The number of aromatic amines is 1. The van der Waals surface area contributed by atoms with Crippen molar-refractivity contribution in [2.75, 3.05) is 0 Å². The summed E-state index contributed by atoms with van der Waals surface area (Å²) in [5, 5.41) is 1.41. The average Bonchev–Trinajstić information content (AvgIpc) is 2.63. The Morgan fingerprint density at radius 1 is 1.29 bits per heavy atom. The number of aromatic nitrogens is 2. The molecule has 1 N–H and O–H groups in total. The molecule has 0 aliphatic rings. The largest absolute Gasteiger partial charge is 0.406 e. The molecule has 0 saturated carbocycles. The van der Waals surface area contributed by atoms with Crippen LogP contribution in [-0.4, -0.2) is 15.7 Å². The van der Waals surface area contributed by atoms with Gasteiger partial charge in [0.05, 0.1) is 10.5 Å². The molecule has 2 heterocycles. The van der Waals surface area contributed by atoms with Gasteiger partial charge in [0.1, 0.15) is 6.54 Å². The minimum Gasteiger partial charge on any atom is -0.338 e. The average molecular weight is 315 g/mol. The van der Waals surface area contributed by atoms with E-state index in [1.165, 1.54) is 12.3 Å². The van der Waals surface area contributed by atoms with Gasteiger partial charge in [0.2, 0.25) is 5.56 Å². The molecule has 0 fully saturated rings. The molecule has 110 valence electrons. The molecule has 0 atom stereocenters. The minimum absolute atomic E-state index is 0.229. The number of benzene rings is 1. The van der Waals surface area contributed by atoms with Crippen molar-refractivity contribution in [3.05, 3.63) is 45.3 Å². The zero-order valence-electron chi connectivity index (χ0n) is 10.9. The number of nitrogens with one attached hydrogen (secondary N) is 1. The van der Waals surface area contributed by atoms with Crippen LogP contribution in [0.1, 0.15) is 5.56 Å². The Morgan fingerprint density at radius 2 is 2.00 bits per heavy atom. The zero-order chi connectivity index (χ0) is 15.4. The molecule has 1 aromatic carbocycles. The van der Waals surface area contributed by atoms with E-state index >= 15 is 0 Å². The lowest BCUT2D eigenvalue weighted by Gasteiger charge is -2.09. The fourth-order valence-corrected chi connectivity index (χ4v) is 2.93. The van der Waals surface area contributed by atoms with Crippen molar-refractivity contribution in [3.63, 3.8) is 0 Å². The van der Waals surface area contributed by atoms with E-state index in [1.54, 1.807) is 19.1 Å². The van der Waals surface area contributed by atoms with E-state index in [4.69, 9.17) is 11.6 Å². The maximum absolute atomic E-state index is 12.6. The molecule has 3 rings (SSSR count). The molecule has 2 aromatic heterocycles. The first kappa shape index (κ1) is 14.0. The standard InChI is InChI=1S/C14H10ClF3N2O/c1-7-5-20(6-14(16,17)18)10-3-2-9-13(12(7)10)8(15)4-11(21)19-9/h2-5H,6H2,1H3,(H,19,21). The van der Waals surface area contributed by atoms with Crippen LogP contribution < -0.4 is 5.56 Å². The van der Waals surface area contributed by atoms with Crippen LogP contribution in [0.25, 0.3) is 21.8 Å². The van der Waals surface area contributed by atoms with Gasteiger partial charge in [-0.3, -0.25) is 4.79 Å². The van der Waals surface area contributed by atoms with Crippen molar-refractivity contribution < 1.29 is 13.2 Å². The highest BCUT2D eigenvalue weighted by atomic mass is 35.5. The minimum atomic E-state index is -4.30. The monoisotopic (exact) mass is 314 g/mol. The summed E-state index contributed by atoms with van der Waals surface area (Å²) in [7, 11) is 0. The quantitative estimate of drug-likeness (QED) is 0.724. The van der Waals surface area contributed by atoms with Crippen LogP contribution >= 0.6 is 11.6 Å². The third-order valence-electron chi connectivity index (χ3n) is 3.34. The molecule has 0 bridgehead atoms. The highest BCUT2D eigenvalue weighted by Crippen LogP contribution is 2.33. The van der Waals surface area contributed by atoms with Crippen molar-refractivity contribution in [2.24, 2.45) is 0 Å². The third-order valence-corrected chi connectivity index (χ3v) is 3.64. The second kappa shape index (κ2) is 4.53. The number of hydrogen-bond acceptors (Lipinski definition) is 1. The number of nitrogens with zero attached hydrogens (tertiary/aromatic N) is 1. The summed E-state index contributed by atoms with van der Waals surface area (Å²) in [6.07, 6.45) is -2.86. The van der Waals surface area contributed by atoms with Gasteiger partial charge in [0.25, 0.3) is 0 Å². The van der Waals surface area contributed by atoms with E-state index in [0.29, 0.717) is 27.4 Å². The first-order chi connectivity index (χ1) is 9.76. The number of alkyl halides is 3. The maximum Gasteiger partial charge on any atom is 0.406 e. The van der Waals surface area contributed by atoms with Crippen LogP contribution in [0, 0.1) is 6.92 Å². The predicted molar refractivity (Wildman–Crippen MR) is 75.9 cm³/mol. The number of halogens is 4. The maximum atomic E-state index is 12.6. The molecule has 0 radical (unpaired) electrons. The molecule has 0 aliphatic carbocycles. The van der Waals surface area contributed by atoms with Gasteiger partial charge in [0, 0.05) is 28.6 Å². The molecule has 21 heavy (non-hydrogen) atoms. The Bertz CT molecular complexity index is 908. The molecular weight excluding hydrogens is 305 g/mol. The molecular formula is C14H10ClF3N2O. The van der Waals surface area contributed by atoms with Gasteiger partial charge in [-0.05, 0) is 24.6 Å². The lowest BCUT2D eigenvalue weighted by atomic mass is 10.1. The highest BCUT2D eigenvalue weighted by Gasteiger charge is 2.29. The van der Waals surface area contributed by atoms with Crippen molar-refractivity contribution >= 4 is 33.4 Å². The van der Waals surface area contributed by atoms with E-state index in [9.17, 15) is 18.0 Å². The summed E-state index contributed by atoms with van der Waals surface area (Å²) < 4.78 is 39.0. The summed E-state index contributed by atoms with van der Waals surface area (Å²) >= 11 is 6.10. The summed E-state index contributed by atoms with van der Waals surface area (Å²) in [5.41, 5.74) is 1.27. The second-order valence-corrected chi connectivity index (χ2v) is 5.33. The molecule has 0 unspecified atom stereocenters. The van der Waals surface area contributed by atoms with Gasteiger partial charge < -0.3 is 9.55 Å². The molecule has 0 spiro atoms. The van der Waals surface area contributed by atoms with Crippen LogP contribution in [0.2, 0.25) is 5.02 Å². The van der Waals surface area contributed by atoms with Crippen LogP contribution in [0.15, 0.2) is 29.2 Å². The smallest absolute Gasteiger partial charge is 0.338 e. The summed E-state index contributed by atoms with van der Waals surface area (Å²) in [6, 6.07) is 4.35. The number of H-pyrrole nitrogens is 1. The number of pyridine rings is 1. The fraction of sp³-hybridized carbons (Fsp3) is 0.214. The third kappa shape index (κ3) is 2.40. The Morgan fingerprint density at radius 3 is 2.67 bits per heavy atom. The molecule has 3 aromatic rings. The van der Waals surface area contributed by atoms with Gasteiger partial charge in [-0.1, -0.05) is 11.6 Å². The lowest BCUT2D eigenvalue weighted by Crippen LogP contribution is -2.16. The van der Waals surface area contributed by atoms with E-state index < -0.39 is 12.7 Å². The predicted octanol–water partition coefficient (Wildman–Crippen LogP) is 4.01. The molecule has 7 heteroatoms. The first-order valence-corrected chi connectivity index (χ1v) is 6.52. The number of aryl methyl sites for hydroxylation is 1. The van der Waals surface area contributed by atoms with Crippen molar-refractivity contribution in [1.29, 1.82) is 0 Å². The Balaban J connectivity index is 2.39. The molecule has 0 amide bonds. The molecule has 3 nitrogen and oxygen atoms in total. The Hall–Kier alpha value is -1.95. The second-order valence-electron chi connectivity index (χ2n) is 4.92. The van der Waals surface area contributed by atoms with E-state index in [-0.39, 0.29) is 10.6 Å². The van der Waals surface area contributed by atoms with Gasteiger partial charge >= 0.3 is 6.18 Å². The summed E-state index contributed by atoms with van der Waals surface area (Å²) in [4.78, 5) is 14.1. The Labute approximate surface area is 121 Å². The molecule has 0 saturated heterocycles. The van der Waals surface area contributed by atoms with Crippen LogP contribution in [-0.2, 0) is 6.54 Å². The van der Waals surface area contributed by atoms with Gasteiger partial charge in [0.15, 0.2) is 0 Å². The van der Waals surface area contributed by atoms with Crippen molar-refractivity contribution in [1.82, 2.24) is 9.55 Å². The zero-order valence-corrected chi connectivity index (χ0v) is 11.6. The van der Waals surface area contributed by atoms with E-state index in [0.717, 1.165) is 4.57 Å². The first-order valence-electron chi connectivity index (χ1n) is 6.14. The van der Waals surface area contributed by atoms with Crippen LogP contribution in [0.3, 0.4) is 0 Å². The van der Waals surface area contributed by atoms with Crippen LogP contribution in [0.5, 0.6) is 0 Å². The normalized spacial score (nSPS) is 12.4. The van der Waals surface area contributed by atoms with E-state index in [2.05, 4.69) is 4.98 Å². The van der Waals surface area contributed by atoms with Gasteiger partial charge in [-0.2, -0.15) is 13.2 Å².